The molecule has 0 saturated carbocycles. The fraction of sp³-hybridized carbons (Fsp3) is 0.500. The molecule has 1 fully saturated rings. The number of aliphatic carboxylic acids is 1. The Morgan fingerprint density at radius 1 is 1.50 bits per heavy atom. The zero-order chi connectivity index (χ0) is 14.8. The van der Waals surface area contributed by atoms with Gasteiger partial charge in [-0.25, -0.2) is 4.39 Å². The maximum atomic E-state index is 13.3. The van der Waals surface area contributed by atoms with Gasteiger partial charge in [0.05, 0.1) is 30.2 Å². The van der Waals surface area contributed by atoms with Crippen LogP contribution in [0.3, 0.4) is 0 Å². The van der Waals surface area contributed by atoms with E-state index < -0.39 is 17.3 Å². The number of halogens is 2. The summed E-state index contributed by atoms with van der Waals surface area (Å²) in [6, 6.07) is 4.38. The standard InChI is InChI=1S/C14H17ClFNO3/c1-14(9-13(18)19,17-4-6-20-7-5-17)10-2-3-12(16)11(15)8-10/h2-3,8H,4-7,9H2,1H3,(H,18,19). The molecule has 0 aromatic heterocycles. The average Bonchev–Trinajstić information content (AvgIpc) is 2.42. The van der Waals surface area contributed by atoms with Gasteiger partial charge in [0, 0.05) is 13.1 Å². The molecule has 0 amide bonds. The molecule has 1 heterocycles. The van der Waals surface area contributed by atoms with Crippen molar-refractivity contribution in [3.8, 4) is 0 Å². The second-order valence-corrected chi connectivity index (χ2v) is 5.48. The Balaban J connectivity index is 2.38. The molecule has 20 heavy (non-hydrogen) atoms. The predicted molar refractivity (Wildman–Crippen MR) is 73.4 cm³/mol. The second kappa shape index (κ2) is 6.08. The first-order valence-corrected chi connectivity index (χ1v) is 6.81. The summed E-state index contributed by atoms with van der Waals surface area (Å²) < 4.78 is 18.6. The van der Waals surface area contributed by atoms with Gasteiger partial charge in [0.25, 0.3) is 0 Å². The first-order valence-electron chi connectivity index (χ1n) is 6.43. The van der Waals surface area contributed by atoms with Crippen LogP contribution in [0.2, 0.25) is 5.02 Å². The van der Waals surface area contributed by atoms with E-state index in [1.165, 1.54) is 12.1 Å². The van der Waals surface area contributed by atoms with Crippen LogP contribution in [0, 0.1) is 5.82 Å². The largest absolute Gasteiger partial charge is 0.481 e. The molecule has 0 radical (unpaired) electrons. The quantitative estimate of drug-likeness (QED) is 0.928. The van der Waals surface area contributed by atoms with Crippen LogP contribution < -0.4 is 0 Å². The SMILES string of the molecule is CC(CC(=O)O)(c1ccc(F)c(Cl)c1)N1CCOCC1. The number of benzene rings is 1. The molecule has 1 saturated heterocycles. The molecule has 1 aliphatic rings. The van der Waals surface area contributed by atoms with Crippen molar-refractivity contribution in [2.75, 3.05) is 26.3 Å². The predicted octanol–water partition coefficient (Wildman–Crippen LogP) is 2.50. The minimum Gasteiger partial charge on any atom is -0.481 e. The summed E-state index contributed by atoms with van der Waals surface area (Å²) in [5.41, 5.74) is -0.0272. The van der Waals surface area contributed by atoms with Crippen LogP contribution in [0.5, 0.6) is 0 Å². The van der Waals surface area contributed by atoms with Gasteiger partial charge in [-0.05, 0) is 24.6 Å². The van der Waals surface area contributed by atoms with E-state index in [4.69, 9.17) is 16.3 Å². The number of ether oxygens (including phenoxy) is 1. The summed E-state index contributed by atoms with van der Waals surface area (Å²) in [6.07, 6.45) is -0.0744. The van der Waals surface area contributed by atoms with Crippen LogP contribution in [0.1, 0.15) is 18.9 Å². The van der Waals surface area contributed by atoms with E-state index >= 15 is 0 Å². The minimum atomic E-state index is -0.903. The lowest BCUT2D eigenvalue weighted by Gasteiger charge is -2.43. The molecule has 110 valence electrons. The molecule has 4 nitrogen and oxygen atoms in total. The molecule has 2 rings (SSSR count). The van der Waals surface area contributed by atoms with Crippen LogP contribution >= 0.6 is 11.6 Å². The number of nitrogens with zero attached hydrogens (tertiary/aromatic N) is 1. The molecular weight excluding hydrogens is 285 g/mol. The zero-order valence-corrected chi connectivity index (χ0v) is 12.0. The zero-order valence-electron chi connectivity index (χ0n) is 11.2. The summed E-state index contributed by atoms with van der Waals surface area (Å²) in [4.78, 5) is 13.3. The van der Waals surface area contributed by atoms with E-state index in [0.29, 0.717) is 31.9 Å². The fourth-order valence-corrected chi connectivity index (χ4v) is 2.76. The highest BCUT2D eigenvalue weighted by atomic mass is 35.5. The van der Waals surface area contributed by atoms with Gasteiger partial charge in [0.2, 0.25) is 0 Å². The number of carbonyl (C=O) groups is 1. The lowest BCUT2D eigenvalue weighted by Crippen LogP contribution is -2.50. The van der Waals surface area contributed by atoms with Crippen molar-refractivity contribution in [3.05, 3.63) is 34.6 Å². The molecule has 1 N–H and O–H groups in total. The summed E-state index contributed by atoms with van der Waals surface area (Å²) >= 11 is 5.83. The number of carboxylic acids is 1. The topological polar surface area (TPSA) is 49.8 Å². The van der Waals surface area contributed by atoms with Gasteiger partial charge in [-0.15, -0.1) is 0 Å². The van der Waals surface area contributed by atoms with Crippen molar-refractivity contribution in [2.45, 2.75) is 18.9 Å². The molecular formula is C14H17ClFNO3. The van der Waals surface area contributed by atoms with Gasteiger partial charge in [-0.1, -0.05) is 17.7 Å². The van der Waals surface area contributed by atoms with Crippen LogP contribution in [-0.4, -0.2) is 42.3 Å². The van der Waals surface area contributed by atoms with Crippen LogP contribution in [-0.2, 0) is 15.1 Å². The van der Waals surface area contributed by atoms with Crippen molar-refractivity contribution < 1.29 is 19.0 Å². The lowest BCUT2D eigenvalue weighted by atomic mass is 9.86. The molecule has 1 aromatic rings. The van der Waals surface area contributed by atoms with Crippen molar-refractivity contribution in [3.63, 3.8) is 0 Å². The third kappa shape index (κ3) is 3.11. The lowest BCUT2D eigenvalue weighted by molar-refractivity contribution is -0.141. The van der Waals surface area contributed by atoms with E-state index in [0.717, 1.165) is 0 Å². The Kier molecular flexibility index (Phi) is 4.62. The normalized spacial score (nSPS) is 19.6. The Morgan fingerprint density at radius 3 is 2.70 bits per heavy atom. The van der Waals surface area contributed by atoms with Crippen molar-refractivity contribution in [1.29, 1.82) is 0 Å². The third-order valence-corrected chi connectivity index (χ3v) is 4.04. The Labute approximate surface area is 122 Å². The first-order chi connectivity index (χ1) is 9.43. The molecule has 0 bridgehead atoms. The molecule has 0 spiro atoms. The van der Waals surface area contributed by atoms with Crippen molar-refractivity contribution in [1.82, 2.24) is 4.90 Å². The Bertz CT molecular complexity index is 505. The van der Waals surface area contributed by atoms with Gasteiger partial charge >= 0.3 is 5.97 Å². The highest BCUT2D eigenvalue weighted by Gasteiger charge is 2.37. The molecule has 6 heteroatoms. The summed E-state index contributed by atoms with van der Waals surface area (Å²) in [5, 5.41) is 9.21. The number of hydrogen-bond donors (Lipinski definition) is 1. The van der Waals surface area contributed by atoms with Gasteiger partial charge in [-0.2, -0.15) is 0 Å². The van der Waals surface area contributed by atoms with Gasteiger partial charge in [-0.3, -0.25) is 9.69 Å². The summed E-state index contributed by atoms with van der Waals surface area (Å²) in [5.74, 6) is -1.41. The smallest absolute Gasteiger partial charge is 0.305 e. The van der Waals surface area contributed by atoms with Gasteiger partial charge in [0.15, 0.2) is 0 Å². The monoisotopic (exact) mass is 301 g/mol. The Hall–Kier alpha value is -1.17. The molecule has 1 atom stereocenters. The van der Waals surface area contributed by atoms with E-state index in [9.17, 15) is 14.3 Å². The summed E-state index contributed by atoms with van der Waals surface area (Å²) in [7, 11) is 0. The number of rotatable bonds is 4. The Morgan fingerprint density at radius 2 is 2.15 bits per heavy atom. The van der Waals surface area contributed by atoms with Gasteiger partial charge in [0.1, 0.15) is 5.82 Å². The van der Waals surface area contributed by atoms with Crippen molar-refractivity contribution >= 4 is 17.6 Å². The average molecular weight is 302 g/mol. The molecule has 0 aliphatic carbocycles. The van der Waals surface area contributed by atoms with Crippen LogP contribution in [0.15, 0.2) is 18.2 Å². The number of hydrogen-bond acceptors (Lipinski definition) is 3. The van der Waals surface area contributed by atoms with Gasteiger partial charge < -0.3 is 9.84 Å². The number of morpholine rings is 1. The van der Waals surface area contributed by atoms with E-state index in [1.807, 2.05) is 11.8 Å². The fourth-order valence-electron chi connectivity index (χ4n) is 2.58. The molecule has 1 aromatic carbocycles. The maximum absolute atomic E-state index is 13.3. The van der Waals surface area contributed by atoms with E-state index in [-0.39, 0.29) is 11.4 Å². The highest BCUT2D eigenvalue weighted by molar-refractivity contribution is 6.30. The minimum absolute atomic E-state index is 0.00683. The van der Waals surface area contributed by atoms with E-state index in [1.54, 1.807) is 6.07 Å². The van der Waals surface area contributed by atoms with Crippen LogP contribution in [0.25, 0.3) is 0 Å². The van der Waals surface area contributed by atoms with Crippen LogP contribution in [0.4, 0.5) is 4.39 Å². The molecule has 1 unspecified atom stereocenters. The highest BCUT2D eigenvalue weighted by Crippen LogP contribution is 2.34. The van der Waals surface area contributed by atoms with Crippen molar-refractivity contribution in [2.24, 2.45) is 0 Å². The van der Waals surface area contributed by atoms with E-state index in [2.05, 4.69) is 0 Å². The number of carboxylic acid groups (broad SMARTS) is 1. The first kappa shape index (κ1) is 15.2. The second-order valence-electron chi connectivity index (χ2n) is 5.07. The summed E-state index contributed by atoms with van der Waals surface area (Å²) in [6.45, 7) is 4.24. The third-order valence-electron chi connectivity index (χ3n) is 3.75. The molecule has 1 aliphatic heterocycles. The maximum Gasteiger partial charge on any atom is 0.305 e.